The standard InChI is InChI=1S/C10H11IN2/c1-3-8-5-12-6-9-4-7(2)13(11)10(8)9/h4-6H,3H2,1-2H3. The van der Waals surface area contributed by atoms with E-state index in [9.17, 15) is 0 Å². The monoisotopic (exact) mass is 286 g/mol. The zero-order chi connectivity index (χ0) is 9.42. The fourth-order valence-corrected chi connectivity index (χ4v) is 2.30. The molecule has 0 bridgehead atoms. The first kappa shape index (κ1) is 8.99. The molecule has 68 valence electrons. The second-order valence-corrected chi connectivity index (χ2v) is 4.12. The lowest BCUT2D eigenvalue weighted by molar-refractivity contribution is 1.11. The van der Waals surface area contributed by atoms with E-state index in [0.29, 0.717) is 0 Å². The Kier molecular flexibility index (Phi) is 2.27. The summed E-state index contributed by atoms with van der Waals surface area (Å²) in [6.45, 7) is 4.28. The lowest BCUT2D eigenvalue weighted by atomic mass is 10.2. The van der Waals surface area contributed by atoms with Crippen LogP contribution in [0.3, 0.4) is 0 Å². The van der Waals surface area contributed by atoms with E-state index in [1.807, 2.05) is 12.4 Å². The van der Waals surface area contributed by atoms with Gasteiger partial charge >= 0.3 is 0 Å². The molecule has 2 heterocycles. The SMILES string of the molecule is CCc1cncc2cc(C)n(I)c12. The van der Waals surface area contributed by atoms with E-state index in [1.165, 1.54) is 22.2 Å². The van der Waals surface area contributed by atoms with Crippen molar-refractivity contribution in [1.82, 2.24) is 7.76 Å². The van der Waals surface area contributed by atoms with Crippen LogP contribution in [0.15, 0.2) is 18.5 Å². The molecule has 0 aliphatic rings. The van der Waals surface area contributed by atoms with Gasteiger partial charge in [-0.25, -0.2) is 0 Å². The Hall–Kier alpha value is -0.580. The average molecular weight is 286 g/mol. The van der Waals surface area contributed by atoms with Crippen LogP contribution in [0.25, 0.3) is 10.9 Å². The first-order valence-electron chi connectivity index (χ1n) is 4.35. The minimum Gasteiger partial charge on any atom is -0.286 e. The molecule has 2 aromatic heterocycles. The molecular weight excluding hydrogens is 275 g/mol. The van der Waals surface area contributed by atoms with Crippen LogP contribution >= 0.6 is 22.9 Å². The van der Waals surface area contributed by atoms with Crippen molar-refractivity contribution in [3.05, 3.63) is 29.7 Å². The highest BCUT2D eigenvalue weighted by atomic mass is 127. The lowest BCUT2D eigenvalue weighted by Gasteiger charge is -2.01. The molecule has 2 aromatic rings. The van der Waals surface area contributed by atoms with Gasteiger partial charge in [-0.05, 0) is 25.0 Å². The van der Waals surface area contributed by atoms with Gasteiger partial charge in [-0.3, -0.25) is 7.76 Å². The van der Waals surface area contributed by atoms with Crippen LogP contribution in [0.4, 0.5) is 0 Å². The summed E-state index contributed by atoms with van der Waals surface area (Å²) in [6.07, 6.45) is 4.92. The molecular formula is C10H11IN2. The van der Waals surface area contributed by atoms with E-state index in [1.54, 1.807) is 0 Å². The van der Waals surface area contributed by atoms with Crippen LogP contribution in [-0.4, -0.2) is 7.76 Å². The van der Waals surface area contributed by atoms with Gasteiger partial charge in [0, 0.05) is 23.5 Å². The van der Waals surface area contributed by atoms with Gasteiger partial charge in [0.05, 0.1) is 28.4 Å². The van der Waals surface area contributed by atoms with Gasteiger partial charge in [-0.2, -0.15) is 0 Å². The molecule has 0 radical (unpaired) electrons. The molecule has 2 rings (SSSR count). The quantitative estimate of drug-likeness (QED) is 0.737. The van der Waals surface area contributed by atoms with Crippen LogP contribution in [-0.2, 0) is 6.42 Å². The molecule has 13 heavy (non-hydrogen) atoms. The molecule has 0 N–H and O–H groups in total. The van der Waals surface area contributed by atoms with Crippen molar-refractivity contribution < 1.29 is 0 Å². The molecule has 0 amide bonds. The third-order valence-electron chi connectivity index (χ3n) is 2.27. The third-order valence-corrected chi connectivity index (χ3v) is 3.52. The van der Waals surface area contributed by atoms with E-state index < -0.39 is 0 Å². The van der Waals surface area contributed by atoms with Gasteiger partial charge in [-0.1, -0.05) is 6.92 Å². The normalized spacial score (nSPS) is 11.0. The van der Waals surface area contributed by atoms with Crippen molar-refractivity contribution in [2.45, 2.75) is 20.3 Å². The largest absolute Gasteiger partial charge is 0.286 e. The van der Waals surface area contributed by atoms with E-state index >= 15 is 0 Å². The van der Waals surface area contributed by atoms with Crippen LogP contribution in [0.2, 0.25) is 0 Å². The average Bonchev–Trinajstić information content (AvgIpc) is 2.43. The minimum absolute atomic E-state index is 1.04. The lowest BCUT2D eigenvalue weighted by Crippen LogP contribution is -1.88. The molecule has 0 atom stereocenters. The Labute approximate surface area is 91.5 Å². The summed E-state index contributed by atoms with van der Waals surface area (Å²) in [7, 11) is 0. The summed E-state index contributed by atoms with van der Waals surface area (Å²) in [4.78, 5) is 4.22. The maximum Gasteiger partial charge on any atom is 0.0643 e. The predicted octanol–water partition coefficient (Wildman–Crippen LogP) is 3.11. The van der Waals surface area contributed by atoms with Crippen molar-refractivity contribution in [2.75, 3.05) is 0 Å². The first-order chi connectivity index (χ1) is 6.24. The summed E-state index contributed by atoms with van der Waals surface area (Å²) in [5.41, 5.74) is 3.91. The second kappa shape index (κ2) is 3.29. The Morgan fingerprint density at radius 1 is 1.46 bits per heavy atom. The zero-order valence-corrected chi connectivity index (χ0v) is 9.87. The summed E-state index contributed by atoms with van der Waals surface area (Å²) < 4.78 is 2.20. The smallest absolute Gasteiger partial charge is 0.0643 e. The number of rotatable bonds is 1. The zero-order valence-electron chi connectivity index (χ0n) is 7.71. The minimum atomic E-state index is 1.04. The molecule has 2 nitrogen and oxygen atoms in total. The topological polar surface area (TPSA) is 17.8 Å². The Morgan fingerprint density at radius 3 is 2.92 bits per heavy atom. The Balaban J connectivity index is 2.87. The molecule has 0 spiro atoms. The second-order valence-electron chi connectivity index (χ2n) is 3.16. The molecule has 0 saturated heterocycles. The molecule has 3 heteroatoms. The molecule has 0 saturated carbocycles. The van der Waals surface area contributed by atoms with Gasteiger partial charge in [0.2, 0.25) is 0 Å². The Morgan fingerprint density at radius 2 is 2.23 bits per heavy atom. The fourth-order valence-electron chi connectivity index (χ4n) is 1.58. The molecule has 0 aliphatic carbocycles. The highest BCUT2D eigenvalue weighted by molar-refractivity contribution is 14.1. The number of fused-ring (bicyclic) bond motifs is 1. The van der Waals surface area contributed by atoms with Gasteiger partial charge in [-0.15, -0.1) is 0 Å². The van der Waals surface area contributed by atoms with Crippen LogP contribution in [0.5, 0.6) is 0 Å². The summed E-state index contributed by atoms with van der Waals surface area (Å²) in [5, 5.41) is 1.24. The molecule has 0 aliphatic heterocycles. The third kappa shape index (κ3) is 1.35. The van der Waals surface area contributed by atoms with Crippen LogP contribution < -0.4 is 0 Å². The van der Waals surface area contributed by atoms with Crippen molar-refractivity contribution in [2.24, 2.45) is 0 Å². The Bertz CT molecular complexity index is 445. The maximum absolute atomic E-state index is 4.22. The van der Waals surface area contributed by atoms with Crippen molar-refractivity contribution in [3.8, 4) is 0 Å². The molecule has 0 unspecified atom stereocenters. The van der Waals surface area contributed by atoms with Crippen molar-refractivity contribution >= 4 is 33.8 Å². The predicted molar refractivity (Wildman–Crippen MR) is 63.3 cm³/mol. The van der Waals surface area contributed by atoms with E-state index in [4.69, 9.17) is 0 Å². The fraction of sp³-hybridized carbons (Fsp3) is 0.300. The highest BCUT2D eigenvalue weighted by Gasteiger charge is 2.06. The number of nitrogens with zero attached hydrogens (tertiary/aromatic N) is 2. The molecule has 0 fully saturated rings. The number of hydrogen-bond donors (Lipinski definition) is 0. The first-order valence-corrected chi connectivity index (χ1v) is 5.31. The summed E-state index contributed by atoms with van der Waals surface area (Å²) >= 11 is 2.34. The highest BCUT2D eigenvalue weighted by Crippen LogP contribution is 2.24. The van der Waals surface area contributed by atoms with E-state index in [-0.39, 0.29) is 0 Å². The van der Waals surface area contributed by atoms with E-state index in [0.717, 1.165) is 6.42 Å². The van der Waals surface area contributed by atoms with Crippen molar-refractivity contribution in [1.29, 1.82) is 0 Å². The van der Waals surface area contributed by atoms with Gasteiger partial charge in [0.25, 0.3) is 0 Å². The van der Waals surface area contributed by atoms with Crippen LogP contribution in [0, 0.1) is 6.92 Å². The molecule has 0 aromatic carbocycles. The van der Waals surface area contributed by atoms with E-state index in [2.05, 4.69) is 50.5 Å². The van der Waals surface area contributed by atoms with Gasteiger partial charge in [0.1, 0.15) is 0 Å². The number of aromatic nitrogens is 2. The number of pyridine rings is 1. The number of halogens is 1. The van der Waals surface area contributed by atoms with Crippen molar-refractivity contribution in [3.63, 3.8) is 0 Å². The number of hydrogen-bond acceptors (Lipinski definition) is 1. The summed E-state index contributed by atoms with van der Waals surface area (Å²) in [6, 6.07) is 2.17. The van der Waals surface area contributed by atoms with Gasteiger partial charge in [0.15, 0.2) is 0 Å². The van der Waals surface area contributed by atoms with Gasteiger partial charge < -0.3 is 0 Å². The van der Waals surface area contributed by atoms with Crippen LogP contribution in [0.1, 0.15) is 18.2 Å². The maximum atomic E-state index is 4.22. The number of aryl methyl sites for hydroxylation is 2. The summed E-state index contributed by atoms with van der Waals surface area (Å²) in [5.74, 6) is 0.